The van der Waals surface area contributed by atoms with Gasteiger partial charge in [-0.15, -0.1) is 0 Å². The zero-order valence-electron chi connectivity index (χ0n) is 12.4. The molecule has 1 aliphatic heterocycles. The molecule has 3 rings (SSSR count). The molecule has 0 radical (unpaired) electrons. The van der Waals surface area contributed by atoms with Crippen molar-refractivity contribution in [3.05, 3.63) is 64.4 Å². The molecule has 0 amide bonds. The highest BCUT2D eigenvalue weighted by Gasteiger charge is 2.25. The van der Waals surface area contributed by atoms with Crippen molar-refractivity contribution in [2.75, 3.05) is 6.54 Å². The number of pyridine rings is 1. The predicted octanol–water partition coefficient (Wildman–Crippen LogP) is 4.77. The number of piperidine rings is 1. The van der Waals surface area contributed by atoms with Crippen molar-refractivity contribution in [1.29, 1.82) is 0 Å². The average molecular weight is 301 g/mol. The molecular formula is C18H21ClN2. The smallest absolute Gasteiger partial charge is 0.129 e. The van der Waals surface area contributed by atoms with Gasteiger partial charge in [0.25, 0.3) is 0 Å². The quantitative estimate of drug-likeness (QED) is 0.759. The summed E-state index contributed by atoms with van der Waals surface area (Å²) in [7, 11) is 0. The van der Waals surface area contributed by atoms with Crippen molar-refractivity contribution in [3.8, 4) is 0 Å². The maximum absolute atomic E-state index is 6.00. The Hall–Kier alpha value is -1.38. The minimum absolute atomic E-state index is 0.462. The first kappa shape index (κ1) is 14.6. The number of aryl methyl sites for hydroxylation is 1. The van der Waals surface area contributed by atoms with Gasteiger partial charge in [0.2, 0.25) is 0 Å². The monoisotopic (exact) mass is 300 g/mol. The van der Waals surface area contributed by atoms with E-state index in [0.29, 0.717) is 11.2 Å². The third-order valence-corrected chi connectivity index (χ3v) is 4.50. The van der Waals surface area contributed by atoms with E-state index in [-0.39, 0.29) is 0 Å². The average Bonchev–Trinajstić information content (AvgIpc) is 2.49. The molecule has 3 heteroatoms. The fourth-order valence-corrected chi connectivity index (χ4v) is 3.43. The van der Waals surface area contributed by atoms with Gasteiger partial charge >= 0.3 is 0 Å². The van der Waals surface area contributed by atoms with E-state index in [1.54, 1.807) is 0 Å². The van der Waals surface area contributed by atoms with E-state index in [4.69, 9.17) is 11.6 Å². The van der Waals surface area contributed by atoms with Crippen LogP contribution in [0, 0.1) is 6.92 Å². The zero-order chi connectivity index (χ0) is 14.7. The van der Waals surface area contributed by atoms with Gasteiger partial charge in [-0.3, -0.25) is 4.90 Å². The number of benzene rings is 1. The second-order valence-corrected chi connectivity index (χ2v) is 6.16. The van der Waals surface area contributed by atoms with Crippen LogP contribution in [0.2, 0.25) is 5.15 Å². The predicted molar refractivity (Wildman–Crippen MR) is 87.4 cm³/mol. The molecule has 1 aliphatic rings. The second kappa shape index (κ2) is 6.59. The Morgan fingerprint density at radius 2 is 1.95 bits per heavy atom. The molecule has 110 valence electrons. The molecule has 2 nitrogen and oxygen atoms in total. The van der Waals surface area contributed by atoms with Crippen LogP contribution in [0.1, 0.15) is 42.1 Å². The van der Waals surface area contributed by atoms with E-state index >= 15 is 0 Å². The van der Waals surface area contributed by atoms with Gasteiger partial charge in [0.05, 0.1) is 0 Å². The van der Waals surface area contributed by atoms with E-state index in [1.165, 1.54) is 30.4 Å². The van der Waals surface area contributed by atoms with Gasteiger partial charge in [-0.1, -0.05) is 54.4 Å². The van der Waals surface area contributed by atoms with Crippen molar-refractivity contribution in [2.24, 2.45) is 0 Å². The largest absolute Gasteiger partial charge is 0.292 e. The molecule has 2 heterocycles. The van der Waals surface area contributed by atoms with Gasteiger partial charge in [0.15, 0.2) is 0 Å². The molecule has 1 atom stereocenters. The van der Waals surface area contributed by atoms with E-state index in [2.05, 4.69) is 53.2 Å². The maximum Gasteiger partial charge on any atom is 0.129 e. The Kier molecular flexibility index (Phi) is 4.57. The standard InChI is InChI=1S/C18H21ClN2/c1-14-16(10-11-18(19)20-14)17-9-5-6-12-21(17)13-15-7-3-2-4-8-15/h2-4,7-8,10-11,17H,5-6,9,12-13H2,1H3/t17-/m1/s1. The number of hydrogen-bond donors (Lipinski definition) is 0. The first-order valence-corrected chi connectivity index (χ1v) is 8.03. The Balaban J connectivity index is 1.84. The minimum atomic E-state index is 0.462. The number of hydrogen-bond acceptors (Lipinski definition) is 2. The maximum atomic E-state index is 6.00. The summed E-state index contributed by atoms with van der Waals surface area (Å²) >= 11 is 6.00. The van der Waals surface area contributed by atoms with Gasteiger partial charge in [-0.2, -0.15) is 0 Å². The third kappa shape index (κ3) is 3.45. The minimum Gasteiger partial charge on any atom is -0.292 e. The van der Waals surface area contributed by atoms with Crippen molar-refractivity contribution in [2.45, 2.75) is 38.8 Å². The third-order valence-electron chi connectivity index (χ3n) is 4.29. The van der Waals surface area contributed by atoms with E-state index in [9.17, 15) is 0 Å². The van der Waals surface area contributed by atoms with Crippen molar-refractivity contribution in [3.63, 3.8) is 0 Å². The lowest BCUT2D eigenvalue weighted by molar-refractivity contribution is 0.139. The molecular weight excluding hydrogens is 280 g/mol. The van der Waals surface area contributed by atoms with Crippen LogP contribution >= 0.6 is 11.6 Å². The molecule has 2 aromatic rings. The molecule has 0 saturated carbocycles. The summed E-state index contributed by atoms with van der Waals surface area (Å²) in [6.07, 6.45) is 3.78. The lowest BCUT2D eigenvalue weighted by Crippen LogP contribution is -2.33. The van der Waals surface area contributed by atoms with Crippen molar-refractivity contribution in [1.82, 2.24) is 9.88 Å². The summed E-state index contributed by atoms with van der Waals surface area (Å²) in [6.45, 7) is 4.23. The van der Waals surface area contributed by atoms with Crippen LogP contribution in [-0.4, -0.2) is 16.4 Å². The molecule has 0 bridgehead atoms. The van der Waals surface area contributed by atoms with Gasteiger partial charge in [-0.05, 0) is 43.5 Å². The number of rotatable bonds is 3. The number of aromatic nitrogens is 1. The fourth-order valence-electron chi connectivity index (χ4n) is 3.24. The summed E-state index contributed by atoms with van der Waals surface area (Å²) < 4.78 is 0. The van der Waals surface area contributed by atoms with Gasteiger partial charge < -0.3 is 0 Å². The van der Waals surface area contributed by atoms with Gasteiger partial charge in [0.1, 0.15) is 5.15 Å². The van der Waals surface area contributed by atoms with Crippen LogP contribution in [-0.2, 0) is 6.54 Å². The van der Waals surface area contributed by atoms with E-state index in [0.717, 1.165) is 18.8 Å². The number of halogens is 1. The topological polar surface area (TPSA) is 16.1 Å². The van der Waals surface area contributed by atoms with E-state index < -0.39 is 0 Å². The fraction of sp³-hybridized carbons (Fsp3) is 0.389. The molecule has 0 aliphatic carbocycles. The van der Waals surface area contributed by atoms with Gasteiger partial charge in [0, 0.05) is 18.3 Å². The molecule has 1 aromatic heterocycles. The molecule has 0 N–H and O–H groups in total. The highest BCUT2D eigenvalue weighted by atomic mass is 35.5. The lowest BCUT2D eigenvalue weighted by Gasteiger charge is -2.36. The van der Waals surface area contributed by atoms with E-state index in [1.807, 2.05) is 6.07 Å². The molecule has 1 aromatic carbocycles. The highest BCUT2D eigenvalue weighted by molar-refractivity contribution is 6.29. The van der Waals surface area contributed by atoms with Crippen LogP contribution in [0.3, 0.4) is 0 Å². The summed E-state index contributed by atoms with van der Waals surface area (Å²) in [5, 5.41) is 0.585. The molecule has 1 saturated heterocycles. The van der Waals surface area contributed by atoms with Crippen molar-refractivity contribution >= 4 is 11.6 Å². The normalized spacial score (nSPS) is 19.6. The Morgan fingerprint density at radius 3 is 2.71 bits per heavy atom. The Labute approximate surface area is 131 Å². The first-order chi connectivity index (χ1) is 10.2. The highest BCUT2D eigenvalue weighted by Crippen LogP contribution is 2.33. The lowest BCUT2D eigenvalue weighted by atomic mass is 9.94. The molecule has 1 fully saturated rings. The molecule has 21 heavy (non-hydrogen) atoms. The van der Waals surface area contributed by atoms with Crippen LogP contribution in [0.5, 0.6) is 0 Å². The number of likely N-dealkylation sites (tertiary alicyclic amines) is 1. The van der Waals surface area contributed by atoms with Crippen LogP contribution < -0.4 is 0 Å². The first-order valence-electron chi connectivity index (χ1n) is 7.65. The van der Waals surface area contributed by atoms with Gasteiger partial charge in [-0.25, -0.2) is 4.98 Å². The van der Waals surface area contributed by atoms with Crippen LogP contribution in [0.4, 0.5) is 0 Å². The second-order valence-electron chi connectivity index (χ2n) is 5.78. The summed E-state index contributed by atoms with van der Waals surface area (Å²) in [5.41, 5.74) is 3.77. The Bertz CT molecular complexity index is 597. The summed E-state index contributed by atoms with van der Waals surface area (Å²) in [4.78, 5) is 7.01. The molecule has 0 unspecified atom stereocenters. The number of nitrogens with zero attached hydrogens (tertiary/aromatic N) is 2. The van der Waals surface area contributed by atoms with Crippen LogP contribution in [0.15, 0.2) is 42.5 Å². The van der Waals surface area contributed by atoms with Crippen molar-refractivity contribution < 1.29 is 0 Å². The Morgan fingerprint density at radius 1 is 1.14 bits per heavy atom. The van der Waals surface area contributed by atoms with Crippen LogP contribution in [0.25, 0.3) is 0 Å². The summed E-state index contributed by atoms with van der Waals surface area (Å²) in [5.74, 6) is 0. The zero-order valence-corrected chi connectivity index (χ0v) is 13.2. The summed E-state index contributed by atoms with van der Waals surface area (Å²) in [6, 6.07) is 15.2. The molecule has 0 spiro atoms. The SMILES string of the molecule is Cc1nc(Cl)ccc1[C@H]1CCCCN1Cc1ccccc1.